The highest BCUT2D eigenvalue weighted by Gasteiger charge is 2.39. The van der Waals surface area contributed by atoms with Crippen molar-refractivity contribution in [1.82, 2.24) is 24.9 Å². The Kier molecular flexibility index (Phi) is 3.82. The molecule has 6 rings (SSSR count). The van der Waals surface area contributed by atoms with Crippen LogP contribution in [0, 0.1) is 12.7 Å². The number of H-pyrrole nitrogens is 1. The molecule has 0 bridgehead atoms. The van der Waals surface area contributed by atoms with Crippen LogP contribution in [0.5, 0.6) is 11.8 Å². The summed E-state index contributed by atoms with van der Waals surface area (Å²) in [6.07, 6.45) is 4.50. The second-order valence-corrected chi connectivity index (χ2v) is 8.05. The fraction of sp³-hybridized carbons (Fsp3) is 0.333. The number of fused-ring (bicyclic) bond motifs is 2. The second kappa shape index (κ2) is 6.48. The topological polar surface area (TPSA) is 118 Å². The minimum atomic E-state index is -0.248. The predicted molar refractivity (Wildman–Crippen MR) is 115 cm³/mol. The molecule has 4 aromatic rings. The molecule has 0 amide bonds. The van der Waals surface area contributed by atoms with Crippen LogP contribution in [-0.2, 0) is 6.42 Å². The summed E-state index contributed by atoms with van der Waals surface area (Å²) in [6.45, 7) is 2.55. The van der Waals surface area contributed by atoms with Gasteiger partial charge in [0.1, 0.15) is 23.1 Å². The van der Waals surface area contributed by atoms with Gasteiger partial charge in [-0.05, 0) is 25.8 Å². The number of hydrogen-bond donors (Lipinski definition) is 3. The number of nitrogens with one attached hydrogen (secondary N) is 2. The average molecular weight is 420 g/mol. The van der Waals surface area contributed by atoms with E-state index in [2.05, 4.69) is 30.2 Å². The molecule has 0 radical (unpaired) electrons. The molecule has 1 saturated heterocycles. The number of aromatic nitrogens is 5. The Hall–Kier alpha value is -3.53. The van der Waals surface area contributed by atoms with Gasteiger partial charge in [0.2, 0.25) is 0 Å². The summed E-state index contributed by atoms with van der Waals surface area (Å²) in [5, 5.41) is 4.68. The van der Waals surface area contributed by atoms with Gasteiger partial charge < -0.3 is 25.7 Å². The Labute approximate surface area is 176 Å². The molecule has 5 heterocycles. The van der Waals surface area contributed by atoms with Gasteiger partial charge >= 0.3 is 6.01 Å². The van der Waals surface area contributed by atoms with E-state index in [-0.39, 0.29) is 23.9 Å². The van der Waals surface area contributed by atoms with E-state index in [1.165, 1.54) is 6.07 Å². The number of nitrogens with two attached hydrogens (primary N) is 1. The number of anilines is 2. The maximum absolute atomic E-state index is 15.2. The lowest BCUT2D eigenvalue weighted by Gasteiger charge is -2.27. The zero-order valence-electron chi connectivity index (χ0n) is 17.1. The first kappa shape index (κ1) is 18.3. The van der Waals surface area contributed by atoms with Gasteiger partial charge in [-0.2, -0.15) is 9.97 Å². The molecule has 10 heteroatoms. The third kappa shape index (κ3) is 2.64. The minimum Gasteiger partial charge on any atom is -0.421 e. The molecule has 2 aliphatic heterocycles. The lowest BCUT2D eigenvalue weighted by molar-refractivity contribution is 0.438. The number of hydrogen-bond acceptors (Lipinski definition) is 8. The van der Waals surface area contributed by atoms with Crippen LogP contribution in [0.4, 0.5) is 15.9 Å². The first-order valence-corrected chi connectivity index (χ1v) is 10.2. The van der Waals surface area contributed by atoms with Crippen LogP contribution >= 0.6 is 0 Å². The molecular weight excluding hydrogens is 399 g/mol. The molecule has 0 spiro atoms. The molecular formula is C21H21FN8O. The van der Waals surface area contributed by atoms with Crippen molar-refractivity contribution in [3.8, 4) is 11.8 Å². The van der Waals surface area contributed by atoms with Gasteiger partial charge in [0.15, 0.2) is 5.75 Å². The Morgan fingerprint density at radius 1 is 1.26 bits per heavy atom. The summed E-state index contributed by atoms with van der Waals surface area (Å²) in [5.41, 5.74) is 9.13. The molecule has 31 heavy (non-hydrogen) atoms. The Morgan fingerprint density at radius 3 is 2.84 bits per heavy atom. The lowest BCUT2D eigenvalue weighted by atomic mass is 9.97. The monoisotopic (exact) mass is 420 g/mol. The standard InChI is InChI=1S/C21H21FN8O/c1-9-25-7-10(8-26-9)31-21-28-19-17-16-11(12(22)6-14(24-2)18(16)27-19)5-15-13(23)3-4-30(15)20(17)29-21/h6-8,13,15,24H,3-5,23H2,1-2H3,(H,27,28,29). The van der Waals surface area contributed by atoms with Gasteiger partial charge in [-0.3, -0.25) is 0 Å². The number of benzene rings is 1. The number of ether oxygens (including phenoxy) is 1. The van der Waals surface area contributed by atoms with Crippen molar-refractivity contribution in [1.29, 1.82) is 0 Å². The summed E-state index contributed by atoms with van der Waals surface area (Å²) in [6, 6.07) is 1.60. The third-order valence-corrected chi connectivity index (χ3v) is 6.26. The predicted octanol–water partition coefficient (Wildman–Crippen LogP) is 2.64. The van der Waals surface area contributed by atoms with E-state index in [0.717, 1.165) is 29.3 Å². The number of aryl methyl sites for hydroxylation is 1. The van der Waals surface area contributed by atoms with Gasteiger partial charge in [0.05, 0.1) is 29.0 Å². The summed E-state index contributed by atoms with van der Waals surface area (Å²) in [7, 11) is 1.77. The molecule has 2 aliphatic rings. The van der Waals surface area contributed by atoms with Crippen LogP contribution in [0.2, 0.25) is 0 Å². The molecule has 9 nitrogen and oxygen atoms in total. The largest absolute Gasteiger partial charge is 0.421 e. The summed E-state index contributed by atoms with van der Waals surface area (Å²) < 4.78 is 21.1. The highest BCUT2D eigenvalue weighted by molar-refractivity contribution is 6.16. The van der Waals surface area contributed by atoms with E-state index in [9.17, 15) is 0 Å². The number of aromatic amines is 1. The molecule has 2 unspecified atom stereocenters. The van der Waals surface area contributed by atoms with Gasteiger partial charge in [-0.15, -0.1) is 0 Å². The highest BCUT2D eigenvalue weighted by Crippen LogP contribution is 2.44. The van der Waals surface area contributed by atoms with Crippen LogP contribution < -0.4 is 20.7 Å². The van der Waals surface area contributed by atoms with Gasteiger partial charge in [-0.1, -0.05) is 0 Å². The van der Waals surface area contributed by atoms with Crippen LogP contribution in [0.1, 0.15) is 17.8 Å². The highest BCUT2D eigenvalue weighted by atomic mass is 19.1. The van der Waals surface area contributed by atoms with Crippen molar-refractivity contribution in [2.45, 2.75) is 31.8 Å². The lowest BCUT2D eigenvalue weighted by Crippen LogP contribution is -2.41. The van der Waals surface area contributed by atoms with E-state index < -0.39 is 0 Å². The quantitative estimate of drug-likeness (QED) is 0.463. The second-order valence-electron chi connectivity index (χ2n) is 8.05. The smallest absolute Gasteiger partial charge is 0.326 e. The van der Waals surface area contributed by atoms with E-state index in [0.29, 0.717) is 40.7 Å². The normalized spacial score (nSPS) is 19.8. The Morgan fingerprint density at radius 2 is 2.06 bits per heavy atom. The fourth-order valence-corrected chi connectivity index (χ4v) is 4.76. The third-order valence-electron chi connectivity index (χ3n) is 6.26. The maximum atomic E-state index is 15.2. The Bertz CT molecular complexity index is 1340. The first-order valence-electron chi connectivity index (χ1n) is 10.2. The van der Waals surface area contributed by atoms with Crippen molar-refractivity contribution < 1.29 is 9.13 Å². The van der Waals surface area contributed by atoms with Crippen molar-refractivity contribution in [2.75, 3.05) is 23.8 Å². The molecule has 0 saturated carbocycles. The number of nitrogens with zero attached hydrogens (tertiary/aromatic N) is 5. The summed E-state index contributed by atoms with van der Waals surface area (Å²) >= 11 is 0. The van der Waals surface area contributed by atoms with Crippen molar-refractivity contribution in [3.63, 3.8) is 0 Å². The van der Waals surface area contributed by atoms with Gasteiger partial charge in [0.25, 0.3) is 0 Å². The van der Waals surface area contributed by atoms with E-state index in [1.807, 2.05) is 0 Å². The van der Waals surface area contributed by atoms with E-state index in [4.69, 9.17) is 15.5 Å². The molecule has 158 valence electrons. The summed E-state index contributed by atoms with van der Waals surface area (Å²) in [5.74, 6) is 1.55. The van der Waals surface area contributed by atoms with Crippen molar-refractivity contribution in [3.05, 3.63) is 35.7 Å². The molecule has 4 N–H and O–H groups in total. The molecule has 1 fully saturated rings. The average Bonchev–Trinajstić information content (AvgIpc) is 3.27. The van der Waals surface area contributed by atoms with Crippen LogP contribution in [0.25, 0.3) is 21.9 Å². The zero-order chi connectivity index (χ0) is 21.3. The SMILES string of the molecule is CNc1cc(F)c2c3c1[nH]c1nc(Oc4cnc(C)nc4)nc(c13)N1CCC(N)C1C2. The number of rotatable bonds is 3. The van der Waals surface area contributed by atoms with Gasteiger partial charge in [-0.25, -0.2) is 14.4 Å². The van der Waals surface area contributed by atoms with E-state index >= 15 is 4.39 Å². The fourth-order valence-electron chi connectivity index (χ4n) is 4.76. The van der Waals surface area contributed by atoms with Crippen molar-refractivity contribution >= 4 is 33.4 Å². The van der Waals surface area contributed by atoms with Crippen LogP contribution in [0.15, 0.2) is 18.5 Å². The van der Waals surface area contributed by atoms with Crippen LogP contribution in [0.3, 0.4) is 0 Å². The van der Waals surface area contributed by atoms with Crippen molar-refractivity contribution in [2.24, 2.45) is 5.73 Å². The number of halogens is 1. The molecule has 3 aromatic heterocycles. The molecule has 1 aromatic carbocycles. The summed E-state index contributed by atoms with van der Waals surface area (Å²) in [4.78, 5) is 23.2. The van der Waals surface area contributed by atoms with Gasteiger partial charge in [0, 0.05) is 36.6 Å². The molecule has 0 aliphatic carbocycles. The first-order chi connectivity index (χ1) is 15.0. The molecule has 2 atom stereocenters. The Balaban J connectivity index is 1.62. The van der Waals surface area contributed by atoms with Crippen LogP contribution in [-0.4, -0.2) is 50.6 Å². The van der Waals surface area contributed by atoms with E-state index in [1.54, 1.807) is 26.4 Å². The zero-order valence-corrected chi connectivity index (χ0v) is 17.1. The maximum Gasteiger partial charge on any atom is 0.326 e. The minimum absolute atomic E-state index is 0.0424.